The van der Waals surface area contributed by atoms with Crippen LogP contribution in [0.1, 0.15) is 45.4 Å². The molecule has 0 aromatic carbocycles. The minimum absolute atomic E-state index is 0.750. The predicted octanol–water partition coefficient (Wildman–Crippen LogP) is 1.93. The summed E-state index contributed by atoms with van der Waals surface area (Å²) < 4.78 is 0. The first-order chi connectivity index (χ1) is 8.79. The lowest BCUT2D eigenvalue weighted by Gasteiger charge is -2.35. The molecule has 2 rings (SSSR count). The maximum absolute atomic E-state index is 3.70. The molecule has 0 aliphatic carbocycles. The number of hydrogen-bond donors (Lipinski definition) is 1. The first-order valence-electron chi connectivity index (χ1n) is 7.95. The molecular formula is C15H31N3. The second kappa shape index (κ2) is 7.46. The van der Waals surface area contributed by atoms with E-state index >= 15 is 0 Å². The van der Waals surface area contributed by atoms with Crippen LogP contribution in [0.4, 0.5) is 0 Å². The highest BCUT2D eigenvalue weighted by atomic mass is 15.2. The maximum atomic E-state index is 3.70. The summed E-state index contributed by atoms with van der Waals surface area (Å²) in [6.45, 7) is 8.61. The monoisotopic (exact) mass is 253 g/mol. The van der Waals surface area contributed by atoms with Crippen LogP contribution in [0, 0.1) is 0 Å². The molecule has 18 heavy (non-hydrogen) atoms. The molecule has 1 N–H and O–H groups in total. The van der Waals surface area contributed by atoms with E-state index in [0.717, 1.165) is 12.1 Å². The Morgan fingerprint density at radius 1 is 1.11 bits per heavy atom. The van der Waals surface area contributed by atoms with E-state index in [0.29, 0.717) is 0 Å². The molecule has 0 saturated carbocycles. The molecule has 2 unspecified atom stereocenters. The van der Waals surface area contributed by atoms with Crippen LogP contribution in [0.2, 0.25) is 0 Å². The molecule has 2 saturated heterocycles. The molecule has 3 nitrogen and oxygen atoms in total. The van der Waals surface area contributed by atoms with Gasteiger partial charge in [0.05, 0.1) is 0 Å². The summed E-state index contributed by atoms with van der Waals surface area (Å²) in [5.74, 6) is 0. The number of nitrogens with zero attached hydrogens (tertiary/aromatic N) is 2. The Morgan fingerprint density at radius 2 is 2.00 bits per heavy atom. The van der Waals surface area contributed by atoms with E-state index < -0.39 is 0 Å². The lowest BCUT2D eigenvalue weighted by atomic mass is 10.0. The fourth-order valence-electron chi connectivity index (χ4n) is 3.49. The molecular weight excluding hydrogens is 222 g/mol. The molecule has 0 spiro atoms. The molecule has 0 aromatic heterocycles. The van der Waals surface area contributed by atoms with Gasteiger partial charge < -0.3 is 10.2 Å². The van der Waals surface area contributed by atoms with Gasteiger partial charge >= 0.3 is 0 Å². The molecule has 106 valence electrons. The molecule has 2 aliphatic rings. The molecule has 0 radical (unpaired) electrons. The molecule has 2 atom stereocenters. The third-order valence-electron chi connectivity index (χ3n) is 4.71. The van der Waals surface area contributed by atoms with Gasteiger partial charge in [-0.1, -0.05) is 13.3 Å². The zero-order chi connectivity index (χ0) is 12.8. The third-order valence-corrected chi connectivity index (χ3v) is 4.71. The number of nitrogens with one attached hydrogen (secondary N) is 1. The van der Waals surface area contributed by atoms with Crippen molar-refractivity contribution >= 4 is 0 Å². The Kier molecular flexibility index (Phi) is 5.93. The highest BCUT2D eigenvalue weighted by Crippen LogP contribution is 2.18. The second-order valence-electron chi connectivity index (χ2n) is 6.12. The Morgan fingerprint density at radius 3 is 2.72 bits per heavy atom. The highest BCUT2D eigenvalue weighted by Gasteiger charge is 2.23. The van der Waals surface area contributed by atoms with Crippen molar-refractivity contribution in [2.75, 3.05) is 39.8 Å². The van der Waals surface area contributed by atoms with Gasteiger partial charge in [0.25, 0.3) is 0 Å². The molecule has 2 fully saturated rings. The fraction of sp³-hybridized carbons (Fsp3) is 1.00. The number of rotatable bonds is 4. The van der Waals surface area contributed by atoms with E-state index in [-0.39, 0.29) is 0 Å². The lowest BCUT2D eigenvalue weighted by Crippen LogP contribution is -2.47. The standard InChI is InChI=1S/C15H31N3/c1-3-18(13-14-7-4-5-10-16-14)15-8-6-11-17(2)12-9-15/h14-16H,3-13H2,1-2H3. The van der Waals surface area contributed by atoms with Crippen LogP contribution >= 0.6 is 0 Å². The average Bonchev–Trinajstić information content (AvgIpc) is 2.62. The minimum Gasteiger partial charge on any atom is -0.313 e. The van der Waals surface area contributed by atoms with E-state index in [2.05, 4.69) is 29.1 Å². The second-order valence-corrected chi connectivity index (χ2v) is 6.12. The Labute approximate surface area is 113 Å². The summed E-state index contributed by atoms with van der Waals surface area (Å²) in [5.41, 5.74) is 0. The molecule has 0 aromatic rings. The van der Waals surface area contributed by atoms with Crippen molar-refractivity contribution in [1.82, 2.24) is 15.1 Å². The summed E-state index contributed by atoms with van der Waals surface area (Å²) in [6, 6.07) is 1.57. The van der Waals surface area contributed by atoms with E-state index in [1.807, 2.05) is 0 Å². The van der Waals surface area contributed by atoms with Crippen molar-refractivity contribution in [3.05, 3.63) is 0 Å². The third kappa shape index (κ3) is 4.22. The lowest BCUT2D eigenvalue weighted by molar-refractivity contribution is 0.159. The minimum atomic E-state index is 0.750. The fourth-order valence-corrected chi connectivity index (χ4v) is 3.49. The van der Waals surface area contributed by atoms with Gasteiger partial charge in [-0.05, 0) is 65.3 Å². The first-order valence-corrected chi connectivity index (χ1v) is 7.95. The Bertz CT molecular complexity index is 226. The zero-order valence-electron chi connectivity index (χ0n) is 12.3. The van der Waals surface area contributed by atoms with Crippen molar-refractivity contribution in [1.29, 1.82) is 0 Å². The van der Waals surface area contributed by atoms with E-state index in [1.54, 1.807) is 0 Å². The van der Waals surface area contributed by atoms with Gasteiger partial charge in [-0.3, -0.25) is 4.90 Å². The Balaban J connectivity index is 1.82. The van der Waals surface area contributed by atoms with Crippen molar-refractivity contribution < 1.29 is 0 Å². The molecule has 3 heteroatoms. The molecule has 2 aliphatic heterocycles. The molecule has 2 heterocycles. The van der Waals surface area contributed by atoms with Gasteiger partial charge in [0.2, 0.25) is 0 Å². The van der Waals surface area contributed by atoms with Gasteiger partial charge in [0, 0.05) is 18.6 Å². The van der Waals surface area contributed by atoms with Gasteiger partial charge in [-0.15, -0.1) is 0 Å². The highest BCUT2D eigenvalue weighted by molar-refractivity contribution is 4.81. The van der Waals surface area contributed by atoms with Crippen LogP contribution in [0.25, 0.3) is 0 Å². The van der Waals surface area contributed by atoms with Crippen LogP contribution in [0.3, 0.4) is 0 Å². The topological polar surface area (TPSA) is 18.5 Å². The summed E-state index contributed by atoms with van der Waals surface area (Å²) in [6.07, 6.45) is 8.29. The number of likely N-dealkylation sites (N-methyl/N-ethyl adjacent to an activating group) is 1. The summed E-state index contributed by atoms with van der Waals surface area (Å²) in [5, 5.41) is 3.70. The number of hydrogen-bond acceptors (Lipinski definition) is 3. The van der Waals surface area contributed by atoms with Crippen LogP contribution in [0.15, 0.2) is 0 Å². The van der Waals surface area contributed by atoms with E-state index in [4.69, 9.17) is 0 Å². The number of piperidine rings is 1. The largest absolute Gasteiger partial charge is 0.313 e. The van der Waals surface area contributed by atoms with Crippen LogP contribution in [-0.2, 0) is 0 Å². The summed E-state index contributed by atoms with van der Waals surface area (Å²) in [7, 11) is 2.27. The van der Waals surface area contributed by atoms with Crippen molar-refractivity contribution in [2.24, 2.45) is 0 Å². The average molecular weight is 253 g/mol. The van der Waals surface area contributed by atoms with Crippen LogP contribution < -0.4 is 5.32 Å². The van der Waals surface area contributed by atoms with Gasteiger partial charge in [0.15, 0.2) is 0 Å². The van der Waals surface area contributed by atoms with Gasteiger partial charge in [0.1, 0.15) is 0 Å². The maximum Gasteiger partial charge on any atom is 0.0195 e. The quantitative estimate of drug-likeness (QED) is 0.826. The molecule has 0 bridgehead atoms. The van der Waals surface area contributed by atoms with Crippen LogP contribution in [-0.4, -0.2) is 61.7 Å². The van der Waals surface area contributed by atoms with E-state index in [1.165, 1.54) is 71.2 Å². The summed E-state index contributed by atoms with van der Waals surface area (Å²) >= 11 is 0. The van der Waals surface area contributed by atoms with Gasteiger partial charge in [-0.2, -0.15) is 0 Å². The van der Waals surface area contributed by atoms with Crippen molar-refractivity contribution in [3.8, 4) is 0 Å². The number of likely N-dealkylation sites (tertiary alicyclic amines) is 1. The van der Waals surface area contributed by atoms with Crippen LogP contribution in [0.5, 0.6) is 0 Å². The Hall–Kier alpha value is -0.120. The van der Waals surface area contributed by atoms with Crippen molar-refractivity contribution in [2.45, 2.75) is 57.5 Å². The molecule has 0 amide bonds. The SMILES string of the molecule is CCN(CC1CCCCN1)C1CCCN(C)CC1. The van der Waals surface area contributed by atoms with Gasteiger partial charge in [-0.25, -0.2) is 0 Å². The summed E-state index contributed by atoms with van der Waals surface area (Å²) in [4.78, 5) is 5.23. The first kappa shape index (κ1) is 14.3. The normalized spacial score (nSPS) is 31.5. The smallest absolute Gasteiger partial charge is 0.0195 e. The zero-order valence-corrected chi connectivity index (χ0v) is 12.3. The van der Waals surface area contributed by atoms with Crippen molar-refractivity contribution in [3.63, 3.8) is 0 Å². The van der Waals surface area contributed by atoms with E-state index in [9.17, 15) is 0 Å². The predicted molar refractivity (Wildman–Crippen MR) is 78.0 cm³/mol.